The van der Waals surface area contributed by atoms with Gasteiger partial charge in [-0.05, 0) is 17.7 Å². The zero-order valence-corrected chi connectivity index (χ0v) is 19.6. The number of ether oxygens (including phenoxy) is 1. The first-order valence-electron chi connectivity index (χ1n) is 11.6. The van der Waals surface area contributed by atoms with E-state index < -0.39 is 76.5 Å². The second-order valence-electron chi connectivity index (χ2n) is 8.99. The van der Waals surface area contributed by atoms with E-state index in [1.807, 2.05) is 0 Å². The number of rotatable bonds is 4. The van der Waals surface area contributed by atoms with Crippen molar-refractivity contribution in [1.82, 2.24) is 0 Å². The Morgan fingerprint density at radius 1 is 0.842 bits per heavy atom. The zero-order chi connectivity index (χ0) is 27.3. The van der Waals surface area contributed by atoms with Gasteiger partial charge in [-0.25, -0.2) is 0 Å². The van der Waals surface area contributed by atoms with Crippen LogP contribution in [-0.2, 0) is 4.74 Å². The van der Waals surface area contributed by atoms with Crippen LogP contribution in [0.4, 0.5) is 0 Å². The van der Waals surface area contributed by atoms with E-state index in [1.54, 1.807) is 36.4 Å². The van der Waals surface area contributed by atoms with Crippen molar-refractivity contribution in [2.45, 2.75) is 30.5 Å². The number of aliphatic hydroxyl groups is 4. The molecular weight excluding hydrogens is 500 g/mol. The number of hydrogen-bond donors (Lipinski definition) is 8. The van der Waals surface area contributed by atoms with E-state index in [2.05, 4.69) is 0 Å². The number of benzene rings is 3. The Bertz CT molecular complexity index is 1610. The minimum absolute atomic E-state index is 0.111. The molecule has 0 aliphatic carbocycles. The number of aromatic hydroxyl groups is 4. The van der Waals surface area contributed by atoms with E-state index in [9.17, 15) is 45.6 Å². The summed E-state index contributed by atoms with van der Waals surface area (Å²) in [6.45, 7) is -0.757. The van der Waals surface area contributed by atoms with Crippen molar-refractivity contribution in [2.24, 2.45) is 0 Å². The van der Waals surface area contributed by atoms with Crippen molar-refractivity contribution in [3.05, 3.63) is 69.4 Å². The van der Waals surface area contributed by atoms with Crippen LogP contribution in [0.2, 0.25) is 0 Å². The van der Waals surface area contributed by atoms with Gasteiger partial charge in [0.2, 0.25) is 5.43 Å². The molecule has 11 nitrogen and oxygen atoms in total. The summed E-state index contributed by atoms with van der Waals surface area (Å²) in [4.78, 5) is 13.5. The molecule has 1 aliphatic rings. The molecule has 5 atom stereocenters. The third kappa shape index (κ3) is 4.02. The van der Waals surface area contributed by atoms with Crippen molar-refractivity contribution >= 4 is 34.1 Å². The number of fused-ring (bicyclic) bond motifs is 2. The summed E-state index contributed by atoms with van der Waals surface area (Å²) in [6, 6.07) is 10.8. The van der Waals surface area contributed by atoms with Gasteiger partial charge < -0.3 is 50.0 Å². The van der Waals surface area contributed by atoms with Gasteiger partial charge in [0.15, 0.2) is 17.1 Å². The zero-order valence-electron chi connectivity index (χ0n) is 19.6. The molecule has 4 aromatic rings. The van der Waals surface area contributed by atoms with Gasteiger partial charge in [0, 0.05) is 6.07 Å². The molecule has 8 N–H and O–H groups in total. The van der Waals surface area contributed by atoms with Gasteiger partial charge in [-0.3, -0.25) is 4.79 Å². The highest BCUT2D eigenvalue weighted by Crippen LogP contribution is 2.48. The van der Waals surface area contributed by atoms with Gasteiger partial charge in [-0.2, -0.15) is 0 Å². The fourth-order valence-corrected chi connectivity index (χ4v) is 4.63. The predicted octanol–water partition coefficient (Wildman–Crippen LogP) is 1.45. The fourth-order valence-electron chi connectivity index (χ4n) is 4.63. The van der Waals surface area contributed by atoms with Crippen LogP contribution in [0, 0.1) is 0 Å². The topological polar surface area (TPSA) is 201 Å². The molecule has 0 amide bonds. The van der Waals surface area contributed by atoms with Crippen molar-refractivity contribution in [1.29, 1.82) is 0 Å². The van der Waals surface area contributed by atoms with Crippen LogP contribution in [-0.4, -0.2) is 71.9 Å². The van der Waals surface area contributed by atoms with Crippen molar-refractivity contribution in [3.8, 4) is 23.0 Å². The molecule has 11 heteroatoms. The fraction of sp³-hybridized carbons (Fsp3) is 0.222. The van der Waals surface area contributed by atoms with Gasteiger partial charge in [-0.15, -0.1) is 0 Å². The first kappa shape index (κ1) is 25.5. The highest BCUT2D eigenvalue weighted by molar-refractivity contribution is 6.01. The summed E-state index contributed by atoms with van der Waals surface area (Å²) in [6.07, 6.45) is -5.45. The van der Waals surface area contributed by atoms with Gasteiger partial charge in [-0.1, -0.05) is 36.4 Å². The number of aliphatic hydroxyl groups excluding tert-OH is 4. The molecule has 0 radical (unpaired) electrons. The van der Waals surface area contributed by atoms with Crippen LogP contribution < -0.4 is 5.43 Å². The normalized spacial score (nSPS) is 23.9. The smallest absolute Gasteiger partial charge is 0.204 e. The monoisotopic (exact) mass is 524 g/mol. The molecule has 3 aromatic carbocycles. The third-order valence-electron chi connectivity index (χ3n) is 6.65. The van der Waals surface area contributed by atoms with Crippen LogP contribution >= 0.6 is 0 Å². The van der Waals surface area contributed by atoms with Crippen molar-refractivity contribution in [2.75, 3.05) is 6.61 Å². The lowest BCUT2D eigenvalue weighted by molar-refractivity contribution is -0.232. The molecule has 198 valence electrons. The molecule has 2 heterocycles. The quantitative estimate of drug-likeness (QED) is 0.109. The molecule has 1 saturated heterocycles. The van der Waals surface area contributed by atoms with Gasteiger partial charge >= 0.3 is 0 Å². The predicted molar refractivity (Wildman–Crippen MR) is 135 cm³/mol. The molecule has 1 fully saturated rings. The minimum Gasteiger partial charge on any atom is -0.507 e. The van der Waals surface area contributed by atoms with Crippen molar-refractivity contribution in [3.63, 3.8) is 0 Å². The largest absolute Gasteiger partial charge is 0.507 e. The van der Waals surface area contributed by atoms with Crippen molar-refractivity contribution < 1.29 is 50.0 Å². The highest BCUT2D eigenvalue weighted by atomic mass is 16.5. The average Bonchev–Trinajstić information content (AvgIpc) is 2.90. The van der Waals surface area contributed by atoms with Crippen LogP contribution in [0.1, 0.15) is 22.8 Å². The average molecular weight is 524 g/mol. The molecule has 5 rings (SSSR count). The second kappa shape index (κ2) is 9.63. The molecule has 38 heavy (non-hydrogen) atoms. The number of phenolic OH excluding ortho intramolecular Hbond substituents is 4. The van der Waals surface area contributed by atoms with Crippen LogP contribution in [0.15, 0.2) is 51.7 Å². The molecule has 0 bridgehead atoms. The SMILES string of the molecule is O=c1c2cc(O)c(O)cc2oc2c(/C=C/c3ccccc3)c(O)c([C@@H]3O[C@H](CO)[C@@H](O)[C@H](O)[C@H]3O)c(O)c12. The van der Waals surface area contributed by atoms with E-state index >= 15 is 0 Å². The third-order valence-corrected chi connectivity index (χ3v) is 6.65. The molecule has 0 unspecified atom stereocenters. The number of phenols is 4. The lowest BCUT2D eigenvalue weighted by Crippen LogP contribution is -2.55. The first-order chi connectivity index (χ1) is 18.1. The maximum atomic E-state index is 13.5. The van der Waals surface area contributed by atoms with E-state index in [-0.39, 0.29) is 22.1 Å². The standard InChI is InChI=1S/C27H24O11/c28-10-17-22(33)24(35)25(36)27(38-17)19-20(31)12(7-6-11-4-2-1-3-5-11)26-18(23(19)34)21(32)13-8-14(29)15(30)9-16(13)37-26/h1-9,17,22,24-25,27-31,33-36H,10H2/b7-6+/t17-,22-,24+,25-,27+/m1/s1. The summed E-state index contributed by atoms with van der Waals surface area (Å²) in [5.74, 6) is -2.69. The van der Waals surface area contributed by atoms with Gasteiger partial charge in [0.25, 0.3) is 0 Å². The molecule has 1 aliphatic heterocycles. The van der Waals surface area contributed by atoms with Gasteiger partial charge in [0.05, 0.1) is 23.1 Å². The van der Waals surface area contributed by atoms with E-state index in [0.717, 1.165) is 12.1 Å². The molecular formula is C27H24O11. The second-order valence-corrected chi connectivity index (χ2v) is 8.99. The summed E-state index contributed by atoms with van der Waals surface area (Å²) in [5.41, 5.74) is -1.16. The maximum Gasteiger partial charge on any atom is 0.204 e. The van der Waals surface area contributed by atoms with Crippen LogP contribution in [0.25, 0.3) is 34.1 Å². The summed E-state index contributed by atoms with van der Waals surface area (Å²) >= 11 is 0. The first-order valence-corrected chi connectivity index (χ1v) is 11.6. The minimum atomic E-state index is -1.87. The van der Waals surface area contributed by atoms with E-state index in [1.165, 1.54) is 6.08 Å². The Labute approximate surface area is 214 Å². The molecule has 0 saturated carbocycles. The lowest BCUT2D eigenvalue weighted by atomic mass is 9.88. The van der Waals surface area contributed by atoms with E-state index in [0.29, 0.717) is 5.56 Å². The Morgan fingerprint density at radius 2 is 1.53 bits per heavy atom. The summed E-state index contributed by atoms with van der Waals surface area (Å²) in [5, 5.41) is 82.5. The Balaban J connectivity index is 1.85. The summed E-state index contributed by atoms with van der Waals surface area (Å²) in [7, 11) is 0. The Kier molecular flexibility index (Phi) is 6.47. The van der Waals surface area contributed by atoms with Crippen LogP contribution in [0.5, 0.6) is 23.0 Å². The summed E-state index contributed by atoms with van der Waals surface area (Å²) < 4.78 is 11.4. The van der Waals surface area contributed by atoms with E-state index in [4.69, 9.17) is 9.15 Å². The Morgan fingerprint density at radius 3 is 2.21 bits per heavy atom. The van der Waals surface area contributed by atoms with Gasteiger partial charge in [0.1, 0.15) is 53.0 Å². The lowest BCUT2D eigenvalue weighted by Gasteiger charge is -2.40. The maximum absolute atomic E-state index is 13.5. The van der Waals surface area contributed by atoms with Crippen LogP contribution in [0.3, 0.4) is 0 Å². The molecule has 0 spiro atoms. The molecule has 1 aromatic heterocycles. The highest BCUT2D eigenvalue weighted by Gasteiger charge is 2.46. The number of hydrogen-bond acceptors (Lipinski definition) is 11. The Hall–Kier alpha value is -4.13.